The minimum atomic E-state index is -0.240. The minimum Gasteiger partial charge on any atom is -0.492 e. The van der Waals surface area contributed by atoms with Gasteiger partial charge in [0.05, 0.1) is 12.1 Å². The molecule has 4 rings (SSSR count). The van der Waals surface area contributed by atoms with Gasteiger partial charge in [0, 0.05) is 15.0 Å². The number of aliphatic hydroxyl groups is 2. The van der Waals surface area contributed by atoms with Crippen LogP contribution in [-0.4, -0.2) is 62.0 Å². The molecule has 119 valence electrons. The van der Waals surface area contributed by atoms with E-state index >= 15 is 0 Å². The summed E-state index contributed by atoms with van der Waals surface area (Å²) in [6.45, 7) is 2.98. The van der Waals surface area contributed by atoms with Gasteiger partial charge in [0.15, 0.2) is 0 Å². The molecule has 3 aliphatic heterocycles. The summed E-state index contributed by atoms with van der Waals surface area (Å²) in [5.74, 6) is 1.32. The summed E-state index contributed by atoms with van der Waals surface area (Å²) in [6.07, 6.45) is 3.70. The van der Waals surface area contributed by atoms with Crippen molar-refractivity contribution in [1.29, 1.82) is 0 Å². The molecule has 0 saturated carbocycles. The number of rotatable bonds is 6. The van der Waals surface area contributed by atoms with Gasteiger partial charge in [-0.2, -0.15) is 0 Å². The van der Waals surface area contributed by atoms with Crippen LogP contribution in [0.5, 0.6) is 5.75 Å². The first-order valence-electron chi connectivity index (χ1n) is 8.02. The van der Waals surface area contributed by atoms with Crippen molar-refractivity contribution in [1.82, 2.24) is 4.90 Å². The van der Waals surface area contributed by atoms with Gasteiger partial charge in [0.25, 0.3) is 0 Å². The van der Waals surface area contributed by atoms with Gasteiger partial charge in [-0.1, -0.05) is 12.1 Å². The van der Waals surface area contributed by atoms with E-state index in [9.17, 15) is 5.11 Å². The molecular weight excluding hydrogens is 277 g/mol. The maximum Gasteiger partial charge on any atom is 0.119 e. The van der Waals surface area contributed by atoms with E-state index in [1.54, 1.807) is 0 Å². The van der Waals surface area contributed by atoms with Crippen molar-refractivity contribution in [3.63, 3.8) is 0 Å². The first-order chi connectivity index (χ1) is 10.3. The topological polar surface area (TPSA) is 52.9 Å². The predicted octanol–water partition coefficient (Wildman–Crippen LogP) is 1.06. The zero-order chi connectivity index (χ0) is 14.7. The molecular formula is C17H25BNO3. The number of aryl methyl sites for hydroxylation is 1. The monoisotopic (exact) mass is 302 g/mol. The highest BCUT2D eigenvalue weighted by Crippen LogP contribution is 2.32. The average molecular weight is 302 g/mol. The number of benzene rings is 1. The fourth-order valence-electron chi connectivity index (χ4n) is 3.54. The Balaban J connectivity index is 0.00000176. The molecule has 2 unspecified atom stereocenters. The number of piperidine rings is 3. The van der Waals surface area contributed by atoms with E-state index in [0.717, 1.165) is 44.5 Å². The molecule has 2 atom stereocenters. The van der Waals surface area contributed by atoms with Gasteiger partial charge < -0.3 is 14.9 Å². The van der Waals surface area contributed by atoms with Crippen molar-refractivity contribution < 1.29 is 14.9 Å². The third-order valence-corrected chi connectivity index (χ3v) is 4.89. The van der Waals surface area contributed by atoms with Gasteiger partial charge in [0.1, 0.15) is 12.4 Å². The van der Waals surface area contributed by atoms with Gasteiger partial charge in [-0.15, -0.1) is 0 Å². The minimum absolute atomic E-state index is 0. The van der Waals surface area contributed by atoms with Gasteiger partial charge >= 0.3 is 0 Å². The van der Waals surface area contributed by atoms with E-state index in [-0.39, 0.29) is 27.2 Å². The fraction of sp³-hybridized carbons (Fsp3) is 0.647. The van der Waals surface area contributed by atoms with E-state index in [4.69, 9.17) is 9.84 Å². The van der Waals surface area contributed by atoms with Crippen LogP contribution in [0.4, 0.5) is 0 Å². The van der Waals surface area contributed by atoms with Crippen LogP contribution in [0.25, 0.3) is 0 Å². The summed E-state index contributed by atoms with van der Waals surface area (Å²) in [6, 6.07) is 8.21. The summed E-state index contributed by atoms with van der Waals surface area (Å²) in [4.78, 5) is 2.36. The van der Waals surface area contributed by atoms with Crippen LogP contribution >= 0.6 is 0 Å². The van der Waals surface area contributed by atoms with Crippen LogP contribution < -0.4 is 4.74 Å². The molecule has 1 aromatic carbocycles. The highest BCUT2D eigenvalue weighted by molar-refractivity contribution is 5.75. The third-order valence-electron chi connectivity index (χ3n) is 4.89. The Kier molecular flexibility index (Phi) is 6.30. The molecule has 0 aromatic heterocycles. The molecule has 2 N–H and O–H groups in total. The second-order valence-corrected chi connectivity index (χ2v) is 6.21. The summed E-state index contributed by atoms with van der Waals surface area (Å²) in [5.41, 5.74) is 1.22. The highest BCUT2D eigenvalue weighted by atomic mass is 16.5. The highest BCUT2D eigenvalue weighted by Gasteiger charge is 2.41. The number of aliphatic hydroxyl groups excluding tert-OH is 2. The maximum absolute atomic E-state index is 10.3. The molecule has 3 radical (unpaired) electrons. The van der Waals surface area contributed by atoms with Gasteiger partial charge in [-0.25, -0.2) is 0 Å². The van der Waals surface area contributed by atoms with E-state index in [0.29, 0.717) is 12.5 Å². The molecule has 3 aliphatic rings. The molecule has 3 heterocycles. The smallest absolute Gasteiger partial charge is 0.119 e. The van der Waals surface area contributed by atoms with Gasteiger partial charge in [0.2, 0.25) is 0 Å². The van der Waals surface area contributed by atoms with Crippen molar-refractivity contribution in [2.75, 3.05) is 26.3 Å². The standard InChI is InChI=1S/C17H25NO3.B/c19-11-1-2-13-3-5-15(6-4-13)21-12-16-17(20)14-7-9-18(16)10-8-14;/h3-6,14,16-17,19-20H,1-2,7-12H2;. The van der Waals surface area contributed by atoms with E-state index in [1.165, 1.54) is 5.56 Å². The van der Waals surface area contributed by atoms with E-state index in [1.807, 2.05) is 12.1 Å². The first-order valence-corrected chi connectivity index (χ1v) is 8.02. The second-order valence-electron chi connectivity index (χ2n) is 6.21. The SMILES string of the molecule is OCCCc1ccc(OCC2C(O)C3CCN2CC3)cc1.[B]. The molecule has 2 bridgehead atoms. The molecule has 0 aliphatic carbocycles. The lowest BCUT2D eigenvalue weighted by Gasteiger charge is -2.48. The lowest BCUT2D eigenvalue weighted by Crippen LogP contribution is -2.59. The van der Waals surface area contributed by atoms with Crippen molar-refractivity contribution in [2.45, 2.75) is 37.8 Å². The maximum atomic E-state index is 10.3. The second kappa shape index (κ2) is 8.00. The van der Waals surface area contributed by atoms with Crippen molar-refractivity contribution in [3.8, 4) is 5.75 Å². The molecule has 0 amide bonds. The molecule has 0 spiro atoms. The van der Waals surface area contributed by atoms with Crippen LogP contribution in [0.2, 0.25) is 0 Å². The number of ether oxygens (including phenoxy) is 1. The van der Waals surface area contributed by atoms with Crippen molar-refractivity contribution in [3.05, 3.63) is 29.8 Å². The zero-order valence-corrected chi connectivity index (χ0v) is 13.0. The van der Waals surface area contributed by atoms with Crippen LogP contribution in [0, 0.1) is 5.92 Å². The Bertz CT molecular complexity index is 444. The molecule has 1 aromatic rings. The van der Waals surface area contributed by atoms with Gasteiger partial charge in [-0.3, -0.25) is 4.90 Å². The quantitative estimate of drug-likeness (QED) is 0.772. The lowest BCUT2D eigenvalue weighted by atomic mass is 9.81. The van der Waals surface area contributed by atoms with E-state index < -0.39 is 0 Å². The van der Waals surface area contributed by atoms with Crippen molar-refractivity contribution >= 4 is 8.41 Å². The Morgan fingerprint density at radius 3 is 2.41 bits per heavy atom. The predicted molar refractivity (Wildman–Crippen MR) is 87.2 cm³/mol. The molecule has 3 saturated heterocycles. The van der Waals surface area contributed by atoms with Crippen LogP contribution in [0.1, 0.15) is 24.8 Å². The normalized spacial score (nSPS) is 29.9. The molecule has 4 nitrogen and oxygen atoms in total. The molecule has 3 fully saturated rings. The average Bonchev–Trinajstić information content (AvgIpc) is 2.54. The summed E-state index contributed by atoms with van der Waals surface area (Å²) in [5, 5.41) is 19.2. The number of hydrogen-bond acceptors (Lipinski definition) is 4. The number of nitrogens with zero attached hydrogens (tertiary/aromatic N) is 1. The Morgan fingerprint density at radius 2 is 1.82 bits per heavy atom. The van der Waals surface area contributed by atoms with Crippen LogP contribution in [0.15, 0.2) is 24.3 Å². The lowest BCUT2D eigenvalue weighted by molar-refractivity contribution is -0.0849. The summed E-state index contributed by atoms with van der Waals surface area (Å²) >= 11 is 0. The zero-order valence-electron chi connectivity index (χ0n) is 13.0. The van der Waals surface area contributed by atoms with Crippen LogP contribution in [-0.2, 0) is 6.42 Å². The van der Waals surface area contributed by atoms with Gasteiger partial charge in [-0.05, 0) is 62.4 Å². The Hall–Kier alpha value is -1.04. The Morgan fingerprint density at radius 1 is 1.14 bits per heavy atom. The Labute approximate surface area is 134 Å². The number of fused-ring (bicyclic) bond motifs is 3. The molecule has 5 heteroatoms. The summed E-state index contributed by atoms with van der Waals surface area (Å²) < 4.78 is 5.88. The summed E-state index contributed by atoms with van der Waals surface area (Å²) in [7, 11) is 0. The molecule has 22 heavy (non-hydrogen) atoms. The largest absolute Gasteiger partial charge is 0.492 e. The number of hydrogen-bond donors (Lipinski definition) is 2. The first kappa shape index (κ1) is 17.3. The third kappa shape index (κ3) is 3.83. The van der Waals surface area contributed by atoms with Crippen LogP contribution in [0.3, 0.4) is 0 Å². The van der Waals surface area contributed by atoms with E-state index in [2.05, 4.69) is 17.0 Å². The van der Waals surface area contributed by atoms with Crippen molar-refractivity contribution in [2.24, 2.45) is 5.92 Å². The fourth-order valence-corrected chi connectivity index (χ4v) is 3.54.